The van der Waals surface area contributed by atoms with Crippen LogP contribution in [0.3, 0.4) is 0 Å². The molecule has 1 atom stereocenters. The van der Waals surface area contributed by atoms with Gasteiger partial charge in [-0.3, -0.25) is 4.79 Å². The second-order valence-corrected chi connectivity index (χ2v) is 7.63. The van der Waals surface area contributed by atoms with E-state index in [4.69, 9.17) is 0 Å². The van der Waals surface area contributed by atoms with Gasteiger partial charge < -0.3 is 5.32 Å². The lowest BCUT2D eigenvalue weighted by Crippen LogP contribution is -2.28. The van der Waals surface area contributed by atoms with E-state index in [1.54, 1.807) is 4.52 Å². The van der Waals surface area contributed by atoms with Gasteiger partial charge in [0.25, 0.3) is 5.78 Å². The SMILES string of the molecule is Cc1cc(C)n2nc(SCC(=O)N[C@@H](C)c3ccc(Br)cc3)nc2n1. The van der Waals surface area contributed by atoms with Crippen LogP contribution in [0, 0.1) is 13.8 Å². The fraction of sp³-hybridized carbons (Fsp3) is 0.294. The largest absolute Gasteiger partial charge is 0.349 e. The summed E-state index contributed by atoms with van der Waals surface area (Å²) in [5, 5.41) is 7.93. The van der Waals surface area contributed by atoms with Gasteiger partial charge in [-0.25, -0.2) is 9.50 Å². The molecule has 8 heteroatoms. The van der Waals surface area contributed by atoms with Crippen molar-refractivity contribution in [1.29, 1.82) is 0 Å². The minimum Gasteiger partial charge on any atom is -0.349 e. The summed E-state index contributed by atoms with van der Waals surface area (Å²) in [6.45, 7) is 5.84. The molecule has 0 aliphatic carbocycles. The molecule has 0 saturated heterocycles. The number of nitrogens with one attached hydrogen (secondary N) is 1. The third kappa shape index (κ3) is 4.38. The first-order chi connectivity index (χ1) is 11.9. The number of fused-ring (bicyclic) bond motifs is 1. The van der Waals surface area contributed by atoms with Gasteiger partial charge >= 0.3 is 0 Å². The van der Waals surface area contributed by atoms with Crippen molar-refractivity contribution in [1.82, 2.24) is 24.9 Å². The maximum Gasteiger partial charge on any atom is 0.253 e. The lowest BCUT2D eigenvalue weighted by molar-refractivity contribution is -0.119. The molecule has 2 aromatic heterocycles. The first-order valence-corrected chi connectivity index (χ1v) is 9.59. The van der Waals surface area contributed by atoms with Crippen molar-refractivity contribution >= 4 is 39.4 Å². The molecule has 25 heavy (non-hydrogen) atoms. The first kappa shape index (κ1) is 17.9. The molecule has 1 N–H and O–H groups in total. The molecular formula is C17H18BrN5OS. The topological polar surface area (TPSA) is 72.2 Å². The summed E-state index contributed by atoms with van der Waals surface area (Å²) in [5.41, 5.74) is 2.92. The zero-order chi connectivity index (χ0) is 18.0. The highest BCUT2D eigenvalue weighted by Gasteiger charge is 2.13. The average Bonchev–Trinajstić information content (AvgIpc) is 2.97. The number of hydrogen-bond donors (Lipinski definition) is 1. The van der Waals surface area contributed by atoms with Crippen molar-refractivity contribution < 1.29 is 4.79 Å². The Balaban J connectivity index is 1.60. The van der Waals surface area contributed by atoms with Crippen molar-refractivity contribution in [2.24, 2.45) is 0 Å². The molecule has 6 nitrogen and oxygen atoms in total. The monoisotopic (exact) mass is 419 g/mol. The summed E-state index contributed by atoms with van der Waals surface area (Å²) in [6, 6.07) is 9.80. The zero-order valence-corrected chi connectivity index (χ0v) is 16.6. The normalized spacial score (nSPS) is 12.3. The van der Waals surface area contributed by atoms with Gasteiger partial charge in [0.1, 0.15) is 0 Å². The van der Waals surface area contributed by atoms with Crippen LogP contribution in [0.1, 0.15) is 29.9 Å². The third-order valence-electron chi connectivity index (χ3n) is 3.68. The predicted molar refractivity (Wildman–Crippen MR) is 102 cm³/mol. The lowest BCUT2D eigenvalue weighted by Gasteiger charge is -2.14. The highest BCUT2D eigenvalue weighted by Crippen LogP contribution is 2.18. The number of carbonyl (C=O) groups excluding carboxylic acids is 1. The molecule has 0 saturated carbocycles. The summed E-state index contributed by atoms with van der Waals surface area (Å²) in [7, 11) is 0. The maximum absolute atomic E-state index is 12.2. The number of amides is 1. The van der Waals surface area contributed by atoms with Crippen LogP contribution in [-0.2, 0) is 4.79 Å². The molecule has 0 aliphatic heterocycles. The van der Waals surface area contributed by atoms with E-state index in [1.807, 2.05) is 51.1 Å². The quantitative estimate of drug-likeness (QED) is 0.640. The summed E-state index contributed by atoms with van der Waals surface area (Å²) in [4.78, 5) is 20.9. The molecule has 1 amide bonds. The molecule has 0 unspecified atom stereocenters. The van der Waals surface area contributed by atoms with Gasteiger partial charge in [-0.05, 0) is 44.5 Å². The fourth-order valence-electron chi connectivity index (χ4n) is 2.46. The van der Waals surface area contributed by atoms with E-state index in [9.17, 15) is 4.79 Å². The minimum absolute atomic E-state index is 0.0539. The van der Waals surface area contributed by atoms with E-state index in [0.29, 0.717) is 10.9 Å². The highest BCUT2D eigenvalue weighted by atomic mass is 79.9. The van der Waals surface area contributed by atoms with Crippen molar-refractivity contribution in [2.75, 3.05) is 5.75 Å². The van der Waals surface area contributed by atoms with Crippen LogP contribution in [0.2, 0.25) is 0 Å². The van der Waals surface area contributed by atoms with Crippen molar-refractivity contribution in [3.63, 3.8) is 0 Å². The molecule has 2 heterocycles. The third-order valence-corrected chi connectivity index (χ3v) is 5.05. The Kier molecular flexibility index (Phi) is 5.39. The second kappa shape index (κ2) is 7.53. The molecule has 0 spiro atoms. The number of halogens is 1. The number of carbonyl (C=O) groups is 1. The number of rotatable bonds is 5. The summed E-state index contributed by atoms with van der Waals surface area (Å²) < 4.78 is 2.71. The van der Waals surface area contributed by atoms with Gasteiger partial charge in [-0.1, -0.05) is 39.8 Å². The molecule has 1 aromatic carbocycles. The van der Waals surface area contributed by atoms with Gasteiger partial charge in [0, 0.05) is 15.9 Å². The van der Waals surface area contributed by atoms with Crippen molar-refractivity contribution in [2.45, 2.75) is 32.0 Å². The van der Waals surface area contributed by atoms with Crippen LogP contribution >= 0.6 is 27.7 Å². The summed E-state index contributed by atoms with van der Waals surface area (Å²) >= 11 is 4.71. The van der Waals surface area contributed by atoms with Crippen molar-refractivity contribution in [3.05, 3.63) is 51.8 Å². The molecule has 0 aliphatic rings. The number of benzene rings is 1. The first-order valence-electron chi connectivity index (χ1n) is 7.81. The van der Waals surface area contributed by atoms with E-state index >= 15 is 0 Å². The van der Waals surface area contributed by atoms with Crippen LogP contribution in [0.4, 0.5) is 0 Å². The maximum atomic E-state index is 12.2. The van der Waals surface area contributed by atoms with Crippen molar-refractivity contribution in [3.8, 4) is 0 Å². The molecule has 130 valence electrons. The molecular weight excluding hydrogens is 402 g/mol. The molecule has 0 fully saturated rings. The predicted octanol–water partition coefficient (Wildman–Crippen LogP) is 3.47. The number of aromatic nitrogens is 4. The molecule has 3 rings (SSSR count). The molecule has 0 radical (unpaired) electrons. The van der Waals surface area contributed by atoms with E-state index in [0.717, 1.165) is 21.4 Å². The summed E-state index contributed by atoms with van der Waals surface area (Å²) in [6.07, 6.45) is 0. The van der Waals surface area contributed by atoms with E-state index in [1.165, 1.54) is 11.8 Å². The Morgan fingerprint density at radius 2 is 2.00 bits per heavy atom. The molecule has 3 aromatic rings. The Hall–Kier alpha value is -1.93. The smallest absolute Gasteiger partial charge is 0.253 e. The second-order valence-electron chi connectivity index (χ2n) is 5.77. The summed E-state index contributed by atoms with van der Waals surface area (Å²) in [5.74, 6) is 0.763. The highest BCUT2D eigenvalue weighted by molar-refractivity contribution is 9.10. The van der Waals surface area contributed by atoms with Crippen LogP contribution in [0.25, 0.3) is 5.78 Å². The lowest BCUT2D eigenvalue weighted by atomic mass is 10.1. The van der Waals surface area contributed by atoms with Gasteiger partial charge in [-0.15, -0.1) is 5.10 Å². The van der Waals surface area contributed by atoms with Crippen LogP contribution < -0.4 is 5.32 Å². The van der Waals surface area contributed by atoms with Gasteiger partial charge in [0.2, 0.25) is 11.1 Å². The number of thioether (sulfide) groups is 1. The standard InChI is InChI=1S/C17H18BrN5OS/c1-10-8-11(2)23-16(19-10)21-17(22-23)25-9-15(24)20-12(3)13-4-6-14(18)7-5-13/h4-8,12H,9H2,1-3H3,(H,20,24)/t12-/m0/s1. The van der Waals surface area contributed by atoms with E-state index in [-0.39, 0.29) is 17.7 Å². The fourth-order valence-corrected chi connectivity index (χ4v) is 3.35. The van der Waals surface area contributed by atoms with Gasteiger partial charge in [0.05, 0.1) is 11.8 Å². The van der Waals surface area contributed by atoms with E-state index < -0.39 is 0 Å². The minimum atomic E-state index is -0.0554. The van der Waals surface area contributed by atoms with E-state index in [2.05, 4.69) is 36.3 Å². The Morgan fingerprint density at radius 3 is 2.72 bits per heavy atom. The van der Waals surface area contributed by atoms with Crippen LogP contribution in [0.15, 0.2) is 40.0 Å². The number of hydrogen-bond acceptors (Lipinski definition) is 5. The number of nitrogens with zero attached hydrogens (tertiary/aromatic N) is 4. The Morgan fingerprint density at radius 1 is 1.28 bits per heavy atom. The number of aryl methyl sites for hydroxylation is 2. The molecule has 0 bridgehead atoms. The zero-order valence-electron chi connectivity index (χ0n) is 14.2. The Bertz CT molecular complexity index is 909. The van der Waals surface area contributed by atoms with Gasteiger partial charge in [-0.2, -0.15) is 4.98 Å². The van der Waals surface area contributed by atoms with Gasteiger partial charge in [0.15, 0.2) is 0 Å². The van der Waals surface area contributed by atoms with Crippen LogP contribution in [-0.4, -0.2) is 31.2 Å². The average molecular weight is 420 g/mol. The van der Waals surface area contributed by atoms with Crippen LogP contribution in [0.5, 0.6) is 0 Å². The Labute approximate surface area is 158 Å².